The average molecular weight is 372 g/mol. The molecule has 0 unspecified atom stereocenters. The van der Waals surface area contributed by atoms with Crippen molar-refractivity contribution in [3.8, 4) is 0 Å². The standard InChI is InChI=1S/C19H37NO4Si/c1-10-11-19(14-21)12-15(24-25(8,9)18(5,6)7)13-20(19)16(22)23-17(2,3)4/h10,15,21H,1,11-14H2,2-9H3/t15-,19-/m1/s1. The molecule has 1 heterocycles. The third-order valence-corrected chi connectivity index (χ3v) is 9.80. The van der Waals surface area contributed by atoms with Crippen LogP contribution < -0.4 is 0 Å². The van der Waals surface area contributed by atoms with Crippen molar-refractivity contribution in [2.24, 2.45) is 0 Å². The number of ether oxygens (including phenoxy) is 1. The molecule has 0 saturated carbocycles. The van der Waals surface area contributed by atoms with E-state index in [9.17, 15) is 9.90 Å². The molecular formula is C19H37NO4Si. The van der Waals surface area contributed by atoms with Gasteiger partial charge in [-0.2, -0.15) is 0 Å². The molecule has 25 heavy (non-hydrogen) atoms. The summed E-state index contributed by atoms with van der Waals surface area (Å²) in [5, 5.41) is 10.2. The van der Waals surface area contributed by atoms with Crippen LogP contribution in [0.4, 0.5) is 4.79 Å². The lowest BCUT2D eigenvalue weighted by Crippen LogP contribution is -2.51. The van der Waals surface area contributed by atoms with E-state index in [4.69, 9.17) is 9.16 Å². The fraction of sp³-hybridized carbons (Fsp3) is 0.842. The van der Waals surface area contributed by atoms with Gasteiger partial charge < -0.3 is 14.3 Å². The highest BCUT2D eigenvalue weighted by Gasteiger charge is 2.51. The smallest absolute Gasteiger partial charge is 0.410 e. The van der Waals surface area contributed by atoms with E-state index in [0.717, 1.165) is 0 Å². The Balaban J connectivity index is 3.06. The van der Waals surface area contributed by atoms with E-state index in [0.29, 0.717) is 19.4 Å². The molecule has 1 N–H and O–H groups in total. The summed E-state index contributed by atoms with van der Waals surface area (Å²) < 4.78 is 12.1. The molecule has 1 aliphatic rings. The van der Waals surface area contributed by atoms with E-state index in [-0.39, 0.29) is 17.7 Å². The summed E-state index contributed by atoms with van der Waals surface area (Å²) in [6.45, 7) is 20.7. The lowest BCUT2D eigenvalue weighted by molar-refractivity contribution is -0.00410. The second kappa shape index (κ2) is 7.41. The molecule has 0 aromatic rings. The minimum atomic E-state index is -1.97. The van der Waals surface area contributed by atoms with Gasteiger partial charge in [-0.25, -0.2) is 4.79 Å². The first-order valence-electron chi connectivity index (χ1n) is 9.08. The predicted octanol–water partition coefficient (Wildman–Crippen LogP) is 4.32. The van der Waals surface area contributed by atoms with Crippen LogP contribution in [-0.4, -0.2) is 54.8 Å². The van der Waals surface area contributed by atoms with Crippen LogP contribution in [0, 0.1) is 0 Å². The number of rotatable bonds is 5. The Morgan fingerprint density at radius 3 is 2.28 bits per heavy atom. The SMILES string of the molecule is C=CC[C@]1(CO)C[C@@H](O[Si](C)(C)C(C)(C)C)CN1C(=O)OC(C)(C)C. The van der Waals surface area contributed by atoms with Crippen LogP contribution in [-0.2, 0) is 9.16 Å². The molecule has 1 saturated heterocycles. The number of carbonyl (C=O) groups is 1. The lowest BCUT2D eigenvalue weighted by Gasteiger charge is -2.38. The monoisotopic (exact) mass is 371 g/mol. The number of amides is 1. The lowest BCUT2D eigenvalue weighted by atomic mass is 9.92. The molecule has 6 heteroatoms. The Labute approximate surface area is 154 Å². The molecule has 0 radical (unpaired) electrons. The second-order valence-electron chi connectivity index (χ2n) is 9.67. The Morgan fingerprint density at radius 2 is 1.88 bits per heavy atom. The summed E-state index contributed by atoms with van der Waals surface area (Å²) in [6, 6.07) is 0. The topological polar surface area (TPSA) is 59.0 Å². The Bertz CT molecular complexity index is 493. The van der Waals surface area contributed by atoms with Gasteiger partial charge >= 0.3 is 6.09 Å². The van der Waals surface area contributed by atoms with Gasteiger partial charge in [-0.15, -0.1) is 6.58 Å². The van der Waals surface area contributed by atoms with Gasteiger partial charge in [0.2, 0.25) is 0 Å². The van der Waals surface area contributed by atoms with Crippen molar-refractivity contribution >= 4 is 14.4 Å². The average Bonchev–Trinajstić information content (AvgIpc) is 2.74. The van der Waals surface area contributed by atoms with E-state index >= 15 is 0 Å². The number of carbonyl (C=O) groups excluding carboxylic acids is 1. The van der Waals surface area contributed by atoms with Crippen molar-refractivity contribution in [3.05, 3.63) is 12.7 Å². The highest BCUT2D eigenvalue weighted by atomic mass is 28.4. The van der Waals surface area contributed by atoms with E-state index in [1.54, 1.807) is 11.0 Å². The van der Waals surface area contributed by atoms with E-state index < -0.39 is 25.6 Å². The zero-order valence-corrected chi connectivity index (χ0v) is 18.3. The fourth-order valence-electron chi connectivity index (χ4n) is 2.93. The van der Waals surface area contributed by atoms with Gasteiger partial charge in [0.1, 0.15) is 5.60 Å². The molecule has 0 spiro atoms. The largest absolute Gasteiger partial charge is 0.444 e. The van der Waals surface area contributed by atoms with Crippen LogP contribution in [0.25, 0.3) is 0 Å². The molecule has 0 aliphatic carbocycles. The maximum Gasteiger partial charge on any atom is 0.410 e. The van der Waals surface area contributed by atoms with Gasteiger partial charge in [-0.1, -0.05) is 26.8 Å². The van der Waals surface area contributed by atoms with Gasteiger partial charge in [0.05, 0.1) is 18.2 Å². The summed E-state index contributed by atoms with van der Waals surface area (Å²) in [6.07, 6.45) is 2.37. The normalized spacial score (nSPS) is 25.2. The van der Waals surface area contributed by atoms with Crippen LogP contribution in [0.3, 0.4) is 0 Å². The number of likely N-dealkylation sites (tertiary alicyclic amines) is 1. The maximum atomic E-state index is 12.7. The van der Waals surface area contributed by atoms with Crippen LogP contribution >= 0.6 is 0 Å². The molecule has 5 nitrogen and oxygen atoms in total. The summed E-state index contributed by atoms with van der Waals surface area (Å²) in [7, 11) is -1.97. The highest BCUT2D eigenvalue weighted by molar-refractivity contribution is 6.74. The van der Waals surface area contributed by atoms with Crippen molar-refractivity contribution in [1.82, 2.24) is 4.90 Å². The third-order valence-electron chi connectivity index (χ3n) is 5.27. The summed E-state index contributed by atoms with van der Waals surface area (Å²) >= 11 is 0. The molecule has 0 aromatic carbocycles. The number of hydrogen-bond donors (Lipinski definition) is 1. The van der Waals surface area contributed by atoms with Crippen LogP contribution in [0.2, 0.25) is 18.1 Å². The Kier molecular flexibility index (Phi) is 6.58. The number of aliphatic hydroxyl groups is 1. The molecule has 2 atom stereocenters. The van der Waals surface area contributed by atoms with Crippen molar-refractivity contribution in [2.75, 3.05) is 13.2 Å². The van der Waals surface area contributed by atoms with Crippen molar-refractivity contribution in [1.29, 1.82) is 0 Å². The maximum absolute atomic E-state index is 12.7. The Morgan fingerprint density at radius 1 is 1.32 bits per heavy atom. The number of hydrogen-bond acceptors (Lipinski definition) is 4. The van der Waals surface area contributed by atoms with Gasteiger partial charge in [0.15, 0.2) is 8.32 Å². The van der Waals surface area contributed by atoms with Crippen LogP contribution in [0.15, 0.2) is 12.7 Å². The van der Waals surface area contributed by atoms with Gasteiger partial charge in [-0.05, 0) is 45.3 Å². The van der Waals surface area contributed by atoms with Crippen LogP contribution in [0.1, 0.15) is 54.4 Å². The van der Waals surface area contributed by atoms with Gasteiger partial charge in [0.25, 0.3) is 0 Å². The quantitative estimate of drug-likeness (QED) is 0.577. The minimum absolute atomic E-state index is 0.0899. The zero-order chi connectivity index (χ0) is 19.7. The first-order valence-corrected chi connectivity index (χ1v) is 12.0. The number of nitrogens with zero attached hydrogens (tertiary/aromatic N) is 1. The summed E-state index contributed by atoms with van der Waals surface area (Å²) in [5.41, 5.74) is -1.28. The molecule has 1 rings (SSSR count). The van der Waals surface area contributed by atoms with Crippen LogP contribution in [0.5, 0.6) is 0 Å². The second-order valence-corrected chi connectivity index (χ2v) is 14.4. The minimum Gasteiger partial charge on any atom is -0.444 e. The molecule has 1 amide bonds. The zero-order valence-electron chi connectivity index (χ0n) is 17.3. The van der Waals surface area contributed by atoms with Crippen molar-refractivity contribution < 1.29 is 19.1 Å². The molecule has 0 bridgehead atoms. The predicted molar refractivity (Wildman–Crippen MR) is 104 cm³/mol. The van der Waals surface area contributed by atoms with Gasteiger partial charge in [-0.3, -0.25) is 4.90 Å². The summed E-state index contributed by atoms with van der Waals surface area (Å²) in [4.78, 5) is 14.4. The van der Waals surface area contributed by atoms with Gasteiger partial charge in [0, 0.05) is 13.0 Å². The molecule has 0 aromatic heterocycles. The first kappa shape index (κ1) is 22.2. The van der Waals surface area contributed by atoms with E-state index in [1.165, 1.54) is 0 Å². The number of aliphatic hydroxyl groups excluding tert-OH is 1. The molecule has 1 aliphatic heterocycles. The fourth-order valence-corrected chi connectivity index (χ4v) is 4.27. The Hall–Kier alpha value is -0.853. The third kappa shape index (κ3) is 5.31. The van der Waals surface area contributed by atoms with E-state index in [1.807, 2.05) is 20.8 Å². The first-order chi connectivity index (χ1) is 11.2. The molecule has 146 valence electrons. The van der Waals surface area contributed by atoms with E-state index in [2.05, 4.69) is 40.4 Å². The molecule has 1 fully saturated rings. The van der Waals surface area contributed by atoms with Crippen molar-refractivity contribution in [2.45, 2.75) is 89.8 Å². The molecular weight excluding hydrogens is 334 g/mol. The van der Waals surface area contributed by atoms with Crippen molar-refractivity contribution in [3.63, 3.8) is 0 Å². The summed E-state index contributed by atoms with van der Waals surface area (Å²) in [5.74, 6) is 0. The highest BCUT2D eigenvalue weighted by Crippen LogP contribution is 2.41.